The van der Waals surface area contributed by atoms with E-state index >= 15 is 0 Å². The second kappa shape index (κ2) is 6.05. The maximum Gasteiger partial charge on any atom is 0.272 e. The van der Waals surface area contributed by atoms with Crippen LogP contribution in [0.3, 0.4) is 0 Å². The third-order valence-corrected chi connectivity index (χ3v) is 3.87. The van der Waals surface area contributed by atoms with Crippen LogP contribution in [0.15, 0.2) is 46.9 Å². The standard InChI is InChI=1S/C15H15BrN2O2/c1-10-7-8-12(9-15(10)18(19)20)11(2)17-14-6-4-3-5-13(14)16/h3-9,11,17H,1-2H3. The van der Waals surface area contributed by atoms with Crippen LogP contribution >= 0.6 is 15.9 Å². The summed E-state index contributed by atoms with van der Waals surface area (Å²) < 4.78 is 0.966. The summed E-state index contributed by atoms with van der Waals surface area (Å²) in [4.78, 5) is 10.6. The van der Waals surface area contributed by atoms with Crippen LogP contribution in [0.2, 0.25) is 0 Å². The first kappa shape index (κ1) is 14.5. The first-order valence-electron chi connectivity index (χ1n) is 6.25. The minimum absolute atomic E-state index is 0.0204. The molecule has 0 aromatic heterocycles. The third kappa shape index (κ3) is 3.17. The lowest BCUT2D eigenvalue weighted by atomic mass is 10.0. The number of aryl methyl sites for hydroxylation is 1. The second-order valence-electron chi connectivity index (χ2n) is 4.65. The van der Waals surface area contributed by atoms with Crippen LogP contribution in [0.4, 0.5) is 11.4 Å². The molecule has 2 aromatic carbocycles. The Morgan fingerprint density at radius 3 is 2.60 bits per heavy atom. The third-order valence-electron chi connectivity index (χ3n) is 3.18. The highest BCUT2D eigenvalue weighted by Gasteiger charge is 2.14. The van der Waals surface area contributed by atoms with Crippen molar-refractivity contribution < 1.29 is 4.92 Å². The number of rotatable bonds is 4. The summed E-state index contributed by atoms with van der Waals surface area (Å²) >= 11 is 3.48. The molecule has 0 saturated carbocycles. The zero-order valence-corrected chi connectivity index (χ0v) is 12.8. The van der Waals surface area contributed by atoms with Gasteiger partial charge in [-0.1, -0.05) is 24.3 Å². The lowest BCUT2D eigenvalue weighted by Crippen LogP contribution is -2.07. The van der Waals surface area contributed by atoms with Gasteiger partial charge in [-0.25, -0.2) is 0 Å². The number of nitro benzene ring substituents is 1. The van der Waals surface area contributed by atoms with Crippen molar-refractivity contribution in [2.45, 2.75) is 19.9 Å². The number of nitrogens with zero attached hydrogens (tertiary/aromatic N) is 1. The molecule has 2 rings (SSSR count). The molecule has 0 fully saturated rings. The Hall–Kier alpha value is -1.88. The van der Waals surface area contributed by atoms with Crippen molar-refractivity contribution in [2.24, 2.45) is 0 Å². The first-order chi connectivity index (χ1) is 9.49. The average molecular weight is 335 g/mol. The summed E-state index contributed by atoms with van der Waals surface area (Å²) in [5, 5.41) is 14.3. The highest BCUT2D eigenvalue weighted by Crippen LogP contribution is 2.28. The van der Waals surface area contributed by atoms with Crippen LogP contribution in [0.25, 0.3) is 0 Å². The quantitative estimate of drug-likeness (QED) is 0.642. The summed E-state index contributed by atoms with van der Waals surface area (Å²) in [6, 6.07) is 13.1. The molecule has 4 nitrogen and oxygen atoms in total. The summed E-state index contributed by atoms with van der Waals surface area (Å²) in [6.45, 7) is 3.72. The molecule has 20 heavy (non-hydrogen) atoms. The highest BCUT2D eigenvalue weighted by molar-refractivity contribution is 9.10. The van der Waals surface area contributed by atoms with Crippen LogP contribution < -0.4 is 5.32 Å². The van der Waals surface area contributed by atoms with Gasteiger partial charge in [0, 0.05) is 27.8 Å². The summed E-state index contributed by atoms with van der Waals surface area (Å²) in [6.07, 6.45) is 0. The molecule has 0 bridgehead atoms. The van der Waals surface area contributed by atoms with Crippen LogP contribution in [-0.4, -0.2) is 4.92 Å². The van der Waals surface area contributed by atoms with E-state index < -0.39 is 0 Å². The Labute approximate surface area is 126 Å². The number of nitro groups is 1. The van der Waals surface area contributed by atoms with Crippen LogP contribution in [0.1, 0.15) is 24.1 Å². The van der Waals surface area contributed by atoms with E-state index in [-0.39, 0.29) is 16.7 Å². The highest BCUT2D eigenvalue weighted by atomic mass is 79.9. The Morgan fingerprint density at radius 2 is 1.95 bits per heavy atom. The molecule has 1 atom stereocenters. The summed E-state index contributed by atoms with van der Waals surface area (Å²) in [5.41, 5.74) is 2.68. The minimum Gasteiger partial charge on any atom is -0.378 e. The van der Waals surface area contributed by atoms with Gasteiger partial charge in [-0.05, 0) is 47.5 Å². The van der Waals surface area contributed by atoms with E-state index in [2.05, 4.69) is 21.2 Å². The Bertz CT molecular complexity index is 644. The van der Waals surface area contributed by atoms with E-state index in [4.69, 9.17) is 0 Å². The van der Waals surface area contributed by atoms with Gasteiger partial charge in [0.25, 0.3) is 5.69 Å². The van der Waals surface area contributed by atoms with Crippen LogP contribution in [0.5, 0.6) is 0 Å². The van der Waals surface area contributed by atoms with E-state index in [1.807, 2.05) is 37.3 Å². The van der Waals surface area contributed by atoms with Crippen molar-refractivity contribution in [3.63, 3.8) is 0 Å². The molecule has 104 valence electrons. The lowest BCUT2D eigenvalue weighted by molar-refractivity contribution is -0.385. The fourth-order valence-electron chi connectivity index (χ4n) is 1.99. The van der Waals surface area contributed by atoms with E-state index in [9.17, 15) is 10.1 Å². The summed E-state index contributed by atoms with van der Waals surface area (Å²) in [5.74, 6) is 0. The van der Waals surface area contributed by atoms with E-state index in [1.165, 1.54) is 0 Å². The molecule has 2 aromatic rings. The minimum atomic E-state index is -0.343. The number of benzene rings is 2. The van der Waals surface area contributed by atoms with Crippen molar-refractivity contribution in [1.29, 1.82) is 0 Å². The maximum atomic E-state index is 11.0. The van der Waals surface area contributed by atoms with E-state index in [0.717, 1.165) is 15.7 Å². The normalized spacial score (nSPS) is 11.9. The van der Waals surface area contributed by atoms with E-state index in [0.29, 0.717) is 5.56 Å². The van der Waals surface area contributed by atoms with Gasteiger partial charge in [0.1, 0.15) is 0 Å². The summed E-state index contributed by atoms with van der Waals surface area (Å²) in [7, 11) is 0. The Morgan fingerprint density at radius 1 is 1.25 bits per heavy atom. The number of hydrogen-bond donors (Lipinski definition) is 1. The van der Waals surface area contributed by atoms with E-state index in [1.54, 1.807) is 19.1 Å². The molecule has 0 aliphatic heterocycles. The monoisotopic (exact) mass is 334 g/mol. The number of halogens is 1. The molecule has 0 aliphatic carbocycles. The van der Waals surface area contributed by atoms with Crippen molar-refractivity contribution >= 4 is 27.3 Å². The topological polar surface area (TPSA) is 55.2 Å². The maximum absolute atomic E-state index is 11.0. The van der Waals surface area contributed by atoms with Gasteiger partial charge in [-0.2, -0.15) is 0 Å². The van der Waals surface area contributed by atoms with Crippen molar-refractivity contribution in [3.8, 4) is 0 Å². The predicted molar refractivity (Wildman–Crippen MR) is 84.0 cm³/mol. The molecule has 5 heteroatoms. The van der Waals surface area contributed by atoms with Gasteiger partial charge in [0.2, 0.25) is 0 Å². The SMILES string of the molecule is Cc1ccc(C(C)Nc2ccccc2Br)cc1[N+](=O)[O-]. The Kier molecular flexibility index (Phi) is 4.39. The molecule has 0 saturated heterocycles. The van der Waals surface area contributed by atoms with Gasteiger partial charge in [-0.15, -0.1) is 0 Å². The molecule has 1 N–H and O–H groups in total. The van der Waals surface area contributed by atoms with Gasteiger partial charge < -0.3 is 5.32 Å². The van der Waals surface area contributed by atoms with Crippen LogP contribution in [0, 0.1) is 17.0 Å². The average Bonchev–Trinajstić information content (AvgIpc) is 2.41. The molecular weight excluding hydrogens is 320 g/mol. The second-order valence-corrected chi connectivity index (χ2v) is 5.50. The van der Waals surface area contributed by atoms with Gasteiger partial charge in [0.05, 0.1) is 4.92 Å². The molecule has 0 amide bonds. The van der Waals surface area contributed by atoms with Crippen molar-refractivity contribution in [2.75, 3.05) is 5.32 Å². The number of para-hydroxylation sites is 1. The molecule has 0 spiro atoms. The molecule has 0 heterocycles. The molecule has 1 unspecified atom stereocenters. The van der Waals surface area contributed by atoms with Gasteiger partial charge in [-0.3, -0.25) is 10.1 Å². The number of nitrogens with one attached hydrogen (secondary N) is 1. The van der Waals surface area contributed by atoms with Crippen molar-refractivity contribution in [3.05, 3.63) is 68.2 Å². The zero-order chi connectivity index (χ0) is 14.7. The van der Waals surface area contributed by atoms with Crippen molar-refractivity contribution in [1.82, 2.24) is 0 Å². The first-order valence-corrected chi connectivity index (χ1v) is 7.04. The van der Waals surface area contributed by atoms with Crippen LogP contribution in [-0.2, 0) is 0 Å². The number of anilines is 1. The fraction of sp³-hybridized carbons (Fsp3) is 0.200. The lowest BCUT2D eigenvalue weighted by Gasteiger charge is -2.17. The zero-order valence-electron chi connectivity index (χ0n) is 11.3. The number of hydrogen-bond acceptors (Lipinski definition) is 3. The molecule has 0 aliphatic rings. The molecular formula is C15H15BrN2O2. The predicted octanol–water partition coefficient (Wildman–Crippen LogP) is 4.84. The van der Waals surface area contributed by atoms with Gasteiger partial charge >= 0.3 is 0 Å². The van der Waals surface area contributed by atoms with Gasteiger partial charge in [0.15, 0.2) is 0 Å². The Balaban J connectivity index is 2.26. The smallest absolute Gasteiger partial charge is 0.272 e. The molecule has 0 radical (unpaired) electrons. The largest absolute Gasteiger partial charge is 0.378 e. The fourth-order valence-corrected chi connectivity index (χ4v) is 2.39.